The summed E-state index contributed by atoms with van der Waals surface area (Å²) < 4.78 is 72.1. The number of hydrogen-bond acceptors (Lipinski definition) is 5. The van der Waals surface area contributed by atoms with E-state index >= 15 is 0 Å². The minimum Gasteiger partial charge on any atom is -0.490 e. The van der Waals surface area contributed by atoms with Crippen LogP contribution in [0.5, 0.6) is 17.2 Å². The molecule has 1 N–H and O–H groups in total. The lowest BCUT2D eigenvalue weighted by Crippen LogP contribution is -2.11. The Balaban J connectivity index is 1.36. The number of rotatable bonds is 11. The summed E-state index contributed by atoms with van der Waals surface area (Å²) in [4.78, 5) is 12.7. The molecule has 0 saturated heterocycles. The van der Waals surface area contributed by atoms with E-state index in [1.807, 2.05) is 32.0 Å². The fraction of sp³-hybridized carbons (Fsp3) is 0.214. The standard InChI is InChI=1S/C28H25F4N3O4/c1-3-37-23-10-7-18(11-24(23)38-4-2)14-35-15-20(13-33-35)34-28(36)19-8-5-17(6-9-19)16-39-27-25(31)21(29)12-22(30)26(27)32/h5-13,15H,3-4,14,16H2,1-2H3,(H,34,36). The van der Waals surface area contributed by atoms with E-state index in [1.165, 1.54) is 30.5 Å². The van der Waals surface area contributed by atoms with Gasteiger partial charge in [0.2, 0.25) is 11.6 Å². The maximum absolute atomic E-state index is 13.8. The first-order valence-electron chi connectivity index (χ1n) is 12.1. The van der Waals surface area contributed by atoms with E-state index in [1.54, 1.807) is 10.9 Å². The highest BCUT2D eigenvalue weighted by Crippen LogP contribution is 2.29. The van der Waals surface area contributed by atoms with Crippen LogP contribution in [0.25, 0.3) is 0 Å². The maximum Gasteiger partial charge on any atom is 0.255 e. The molecule has 204 valence electrons. The first-order valence-corrected chi connectivity index (χ1v) is 12.1. The van der Waals surface area contributed by atoms with Crippen molar-refractivity contribution in [3.63, 3.8) is 0 Å². The molecule has 3 aromatic carbocycles. The van der Waals surface area contributed by atoms with Gasteiger partial charge in [0.1, 0.15) is 6.61 Å². The van der Waals surface area contributed by atoms with Gasteiger partial charge in [-0.1, -0.05) is 18.2 Å². The number of carbonyl (C=O) groups excluding carboxylic acids is 1. The van der Waals surface area contributed by atoms with Crippen molar-refractivity contribution in [3.8, 4) is 17.2 Å². The third-order valence-electron chi connectivity index (χ3n) is 5.51. The number of aromatic nitrogens is 2. The van der Waals surface area contributed by atoms with Crippen molar-refractivity contribution in [2.24, 2.45) is 0 Å². The van der Waals surface area contributed by atoms with E-state index in [0.29, 0.717) is 48.1 Å². The predicted molar refractivity (Wildman–Crippen MR) is 135 cm³/mol. The van der Waals surface area contributed by atoms with Crippen molar-refractivity contribution in [2.75, 3.05) is 18.5 Å². The van der Waals surface area contributed by atoms with Crippen molar-refractivity contribution in [3.05, 3.63) is 101 Å². The zero-order chi connectivity index (χ0) is 27.9. The number of benzene rings is 3. The van der Waals surface area contributed by atoms with Crippen LogP contribution in [0, 0.1) is 23.3 Å². The third kappa shape index (κ3) is 6.67. The zero-order valence-electron chi connectivity index (χ0n) is 21.1. The summed E-state index contributed by atoms with van der Waals surface area (Å²) in [5.41, 5.74) is 2.13. The fourth-order valence-corrected chi connectivity index (χ4v) is 3.68. The Morgan fingerprint density at radius 3 is 2.15 bits per heavy atom. The summed E-state index contributed by atoms with van der Waals surface area (Å²) >= 11 is 0. The summed E-state index contributed by atoms with van der Waals surface area (Å²) in [6.07, 6.45) is 3.19. The minimum absolute atomic E-state index is 0.104. The molecule has 7 nitrogen and oxygen atoms in total. The van der Waals surface area contributed by atoms with Gasteiger partial charge in [-0.25, -0.2) is 8.78 Å². The van der Waals surface area contributed by atoms with Gasteiger partial charge >= 0.3 is 0 Å². The molecule has 1 heterocycles. The molecular weight excluding hydrogens is 518 g/mol. The number of hydrogen-bond donors (Lipinski definition) is 1. The van der Waals surface area contributed by atoms with Gasteiger partial charge in [0.25, 0.3) is 5.91 Å². The first-order chi connectivity index (χ1) is 18.8. The van der Waals surface area contributed by atoms with Crippen LogP contribution >= 0.6 is 0 Å². The molecule has 0 radical (unpaired) electrons. The van der Waals surface area contributed by atoms with Crippen LogP contribution in [-0.4, -0.2) is 28.9 Å². The first kappa shape index (κ1) is 27.5. The molecule has 11 heteroatoms. The van der Waals surface area contributed by atoms with Crippen LogP contribution in [0.1, 0.15) is 35.3 Å². The van der Waals surface area contributed by atoms with E-state index in [2.05, 4.69) is 10.4 Å². The monoisotopic (exact) mass is 543 g/mol. The molecule has 1 amide bonds. The molecule has 0 spiro atoms. The second-order valence-electron chi connectivity index (χ2n) is 8.31. The Hall–Kier alpha value is -4.54. The smallest absolute Gasteiger partial charge is 0.255 e. The Kier molecular flexibility index (Phi) is 8.70. The molecule has 0 fully saturated rings. The van der Waals surface area contributed by atoms with Gasteiger partial charge in [-0.15, -0.1) is 0 Å². The van der Waals surface area contributed by atoms with Crippen LogP contribution in [-0.2, 0) is 13.2 Å². The van der Waals surface area contributed by atoms with Gasteiger partial charge in [-0.05, 0) is 49.2 Å². The molecule has 0 aliphatic rings. The van der Waals surface area contributed by atoms with Crippen LogP contribution in [0.15, 0.2) is 60.9 Å². The number of nitrogens with zero attached hydrogens (tertiary/aromatic N) is 2. The van der Waals surface area contributed by atoms with Gasteiger partial charge in [0, 0.05) is 17.8 Å². The van der Waals surface area contributed by atoms with Crippen LogP contribution < -0.4 is 19.5 Å². The molecule has 0 unspecified atom stereocenters. The summed E-state index contributed by atoms with van der Waals surface area (Å²) in [6, 6.07) is 11.7. The van der Waals surface area contributed by atoms with Crippen molar-refractivity contribution in [1.82, 2.24) is 9.78 Å². The average molecular weight is 544 g/mol. The van der Waals surface area contributed by atoms with Crippen LogP contribution in [0.4, 0.5) is 23.2 Å². The second-order valence-corrected chi connectivity index (χ2v) is 8.31. The number of amides is 1. The van der Waals surface area contributed by atoms with Gasteiger partial charge in [-0.2, -0.15) is 13.9 Å². The summed E-state index contributed by atoms with van der Waals surface area (Å²) in [5.74, 6) is -6.62. The van der Waals surface area contributed by atoms with Gasteiger partial charge < -0.3 is 19.5 Å². The molecule has 0 aliphatic carbocycles. The number of halogens is 4. The largest absolute Gasteiger partial charge is 0.490 e. The van der Waals surface area contributed by atoms with Gasteiger partial charge in [-0.3, -0.25) is 9.48 Å². The zero-order valence-corrected chi connectivity index (χ0v) is 21.1. The Labute approximate surface area is 221 Å². The molecule has 0 saturated carbocycles. The number of ether oxygens (including phenoxy) is 3. The highest BCUT2D eigenvalue weighted by molar-refractivity contribution is 6.04. The molecular formula is C28H25F4N3O4. The Morgan fingerprint density at radius 1 is 0.846 bits per heavy atom. The summed E-state index contributed by atoms with van der Waals surface area (Å²) in [6.45, 7) is 4.88. The van der Waals surface area contributed by atoms with Crippen molar-refractivity contribution < 1.29 is 36.6 Å². The third-order valence-corrected chi connectivity index (χ3v) is 5.51. The summed E-state index contributed by atoms with van der Waals surface area (Å²) in [7, 11) is 0. The lowest BCUT2D eigenvalue weighted by Gasteiger charge is -2.12. The highest BCUT2D eigenvalue weighted by atomic mass is 19.2. The SMILES string of the molecule is CCOc1ccc(Cn2cc(NC(=O)c3ccc(COc4c(F)c(F)cc(F)c4F)cc3)cn2)cc1OCC. The Bertz CT molecular complexity index is 1430. The normalized spacial score (nSPS) is 10.8. The molecule has 39 heavy (non-hydrogen) atoms. The fourth-order valence-electron chi connectivity index (χ4n) is 3.68. The second kappa shape index (κ2) is 12.3. The van der Waals surface area contributed by atoms with Crippen molar-refractivity contribution in [2.45, 2.75) is 27.0 Å². The lowest BCUT2D eigenvalue weighted by molar-refractivity contribution is 0.102. The lowest BCUT2D eigenvalue weighted by atomic mass is 10.1. The number of carbonyl (C=O) groups is 1. The van der Waals surface area contributed by atoms with Crippen molar-refractivity contribution >= 4 is 11.6 Å². The van der Waals surface area contributed by atoms with Crippen molar-refractivity contribution in [1.29, 1.82) is 0 Å². The Morgan fingerprint density at radius 2 is 1.49 bits per heavy atom. The van der Waals surface area contributed by atoms with E-state index in [9.17, 15) is 22.4 Å². The maximum atomic E-state index is 13.8. The van der Waals surface area contributed by atoms with Gasteiger partial charge in [0.05, 0.1) is 31.6 Å². The molecule has 0 aliphatic heterocycles. The molecule has 0 bridgehead atoms. The molecule has 0 atom stereocenters. The molecule has 1 aromatic heterocycles. The average Bonchev–Trinajstić information content (AvgIpc) is 3.36. The number of nitrogens with one attached hydrogen (secondary N) is 1. The quantitative estimate of drug-likeness (QED) is 0.182. The topological polar surface area (TPSA) is 74.6 Å². The molecule has 4 aromatic rings. The highest BCUT2D eigenvalue weighted by Gasteiger charge is 2.20. The van der Waals surface area contributed by atoms with Crippen LogP contribution in [0.3, 0.4) is 0 Å². The van der Waals surface area contributed by atoms with E-state index in [4.69, 9.17) is 14.2 Å². The molecule has 4 rings (SSSR count). The van der Waals surface area contributed by atoms with Crippen LogP contribution in [0.2, 0.25) is 0 Å². The minimum atomic E-state index is -1.62. The van der Waals surface area contributed by atoms with Gasteiger partial charge in [0.15, 0.2) is 28.9 Å². The van der Waals surface area contributed by atoms with E-state index in [0.717, 1.165) is 5.56 Å². The van der Waals surface area contributed by atoms with E-state index in [-0.39, 0.29) is 12.7 Å². The van der Waals surface area contributed by atoms with E-state index < -0.39 is 34.9 Å². The predicted octanol–water partition coefficient (Wildman–Crippen LogP) is 6.12. The number of anilines is 1. The summed E-state index contributed by atoms with van der Waals surface area (Å²) in [5, 5.41) is 7.03.